The molecule has 0 saturated carbocycles. The summed E-state index contributed by atoms with van der Waals surface area (Å²) < 4.78 is 1.39. The van der Waals surface area contributed by atoms with E-state index in [4.69, 9.17) is 0 Å². The molecule has 0 aliphatic carbocycles. The molecule has 1 N–H and O–H groups in total. The Kier molecular flexibility index (Phi) is 5.06. The molecule has 0 fully saturated rings. The number of anilines is 2. The number of rotatable bonds is 5. The number of hydrogen-bond acceptors (Lipinski definition) is 4. The van der Waals surface area contributed by atoms with Gasteiger partial charge in [0.1, 0.15) is 5.69 Å². The Labute approximate surface area is 173 Å². The van der Waals surface area contributed by atoms with Crippen LogP contribution in [0.25, 0.3) is 16.6 Å². The Hall–Kier alpha value is -3.93. The summed E-state index contributed by atoms with van der Waals surface area (Å²) in [5.74, 6) is 0.379. The molecule has 6 heteroatoms. The van der Waals surface area contributed by atoms with Crippen molar-refractivity contribution in [2.45, 2.75) is 19.8 Å². The Morgan fingerprint density at radius 2 is 1.53 bits per heavy atom. The summed E-state index contributed by atoms with van der Waals surface area (Å²) >= 11 is 0. The standard InChI is InChI=1S/C24H21N3O3/c1-16(2)17-12-14-18(15-13-17)25-22-20-10-6-7-11-21(20)26(19-8-4-3-5-9-19)24(28)23(22)27(29)30/h3-16,25H,1-2H3. The van der Waals surface area contributed by atoms with Gasteiger partial charge in [0.05, 0.1) is 10.4 Å². The van der Waals surface area contributed by atoms with Gasteiger partial charge in [-0.15, -0.1) is 0 Å². The fraction of sp³-hybridized carbons (Fsp3) is 0.125. The highest BCUT2D eigenvalue weighted by Crippen LogP contribution is 2.34. The molecule has 0 bridgehead atoms. The third-order valence-corrected chi connectivity index (χ3v) is 5.10. The molecule has 0 aliphatic heterocycles. The fourth-order valence-electron chi connectivity index (χ4n) is 3.55. The van der Waals surface area contributed by atoms with Gasteiger partial charge in [0.25, 0.3) is 0 Å². The average Bonchev–Trinajstić information content (AvgIpc) is 2.74. The first-order chi connectivity index (χ1) is 14.5. The Balaban J connectivity index is 1.97. The van der Waals surface area contributed by atoms with Crippen molar-refractivity contribution in [1.29, 1.82) is 0 Å². The Morgan fingerprint density at radius 1 is 0.900 bits per heavy atom. The summed E-state index contributed by atoms with van der Waals surface area (Å²) in [4.78, 5) is 24.6. The minimum Gasteiger partial charge on any atom is -0.349 e. The lowest BCUT2D eigenvalue weighted by atomic mass is 10.0. The molecular formula is C24H21N3O3. The molecule has 0 radical (unpaired) electrons. The summed E-state index contributed by atoms with van der Waals surface area (Å²) in [5.41, 5.74) is 2.07. The van der Waals surface area contributed by atoms with Crippen LogP contribution in [-0.4, -0.2) is 9.49 Å². The van der Waals surface area contributed by atoms with Gasteiger partial charge in [-0.05, 0) is 41.8 Å². The normalized spacial score (nSPS) is 11.0. The van der Waals surface area contributed by atoms with Crippen LogP contribution in [0.15, 0.2) is 83.7 Å². The van der Waals surface area contributed by atoms with Crippen molar-refractivity contribution in [3.05, 3.63) is 105 Å². The molecule has 0 amide bonds. The van der Waals surface area contributed by atoms with Crippen LogP contribution in [0.1, 0.15) is 25.3 Å². The van der Waals surface area contributed by atoms with Crippen molar-refractivity contribution in [3.8, 4) is 5.69 Å². The number of fused-ring (bicyclic) bond motifs is 1. The zero-order chi connectivity index (χ0) is 21.3. The van der Waals surface area contributed by atoms with Gasteiger partial charge in [-0.1, -0.05) is 62.4 Å². The lowest BCUT2D eigenvalue weighted by Gasteiger charge is -2.16. The molecular weight excluding hydrogens is 378 g/mol. The quantitative estimate of drug-likeness (QED) is 0.342. The zero-order valence-electron chi connectivity index (χ0n) is 16.7. The second-order valence-corrected chi connectivity index (χ2v) is 7.38. The molecule has 4 aromatic rings. The first-order valence-electron chi connectivity index (χ1n) is 9.72. The number of hydrogen-bond donors (Lipinski definition) is 1. The predicted molar refractivity (Wildman–Crippen MR) is 120 cm³/mol. The van der Waals surface area contributed by atoms with Gasteiger partial charge in [0.2, 0.25) is 0 Å². The van der Waals surface area contributed by atoms with Gasteiger partial charge in [-0.2, -0.15) is 0 Å². The van der Waals surface area contributed by atoms with Crippen LogP contribution < -0.4 is 10.9 Å². The summed E-state index contributed by atoms with van der Waals surface area (Å²) in [7, 11) is 0. The van der Waals surface area contributed by atoms with Crippen LogP contribution >= 0.6 is 0 Å². The van der Waals surface area contributed by atoms with Crippen molar-refractivity contribution in [2.75, 3.05) is 5.32 Å². The van der Waals surface area contributed by atoms with Crippen LogP contribution in [0.3, 0.4) is 0 Å². The largest absolute Gasteiger partial charge is 0.358 e. The number of nitro groups is 1. The number of benzene rings is 3. The molecule has 0 spiro atoms. The number of pyridine rings is 1. The molecule has 0 unspecified atom stereocenters. The van der Waals surface area contributed by atoms with E-state index in [1.165, 1.54) is 10.1 Å². The predicted octanol–water partition coefficient (Wildman–Crippen LogP) is 5.77. The van der Waals surface area contributed by atoms with E-state index in [9.17, 15) is 14.9 Å². The van der Waals surface area contributed by atoms with Gasteiger partial charge in [0, 0.05) is 16.8 Å². The second-order valence-electron chi connectivity index (χ2n) is 7.38. The van der Waals surface area contributed by atoms with E-state index in [1.807, 2.05) is 36.4 Å². The van der Waals surface area contributed by atoms with Gasteiger partial charge >= 0.3 is 11.2 Å². The van der Waals surface area contributed by atoms with Crippen molar-refractivity contribution in [3.63, 3.8) is 0 Å². The molecule has 6 nitrogen and oxygen atoms in total. The Morgan fingerprint density at radius 3 is 2.17 bits per heavy atom. The monoisotopic (exact) mass is 399 g/mol. The minimum absolute atomic E-state index is 0.199. The topological polar surface area (TPSA) is 77.2 Å². The molecule has 0 aliphatic rings. The number of para-hydroxylation sites is 2. The summed E-state index contributed by atoms with van der Waals surface area (Å²) in [6, 6.07) is 23.8. The van der Waals surface area contributed by atoms with Crippen molar-refractivity contribution >= 4 is 28.0 Å². The SMILES string of the molecule is CC(C)c1ccc(Nc2c([N+](=O)[O-])c(=O)n(-c3ccccc3)c3ccccc23)cc1. The fourth-order valence-corrected chi connectivity index (χ4v) is 3.55. The maximum Gasteiger partial charge on any atom is 0.358 e. The molecule has 3 aromatic carbocycles. The minimum atomic E-state index is -0.675. The highest BCUT2D eigenvalue weighted by atomic mass is 16.6. The van der Waals surface area contributed by atoms with Crippen molar-refractivity contribution in [1.82, 2.24) is 4.57 Å². The van der Waals surface area contributed by atoms with E-state index in [1.54, 1.807) is 42.5 Å². The average molecular weight is 399 g/mol. The van der Waals surface area contributed by atoms with E-state index >= 15 is 0 Å². The second kappa shape index (κ2) is 7.83. The number of nitrogens with one attached hydrogen (secondary N) is 1. The molecule has 4 rings (SSSR count). The van der Waals surface area contributed by atoms with Crippen molar-refractivity contribution in [2.24, 2.45) is 0 Å². The third kappa shape index (κ3) is 3.43. The van der Waals surface area contributed by atoms with E-state index in [0.29, 0.717) is 28.2 Å². The zero-order valence-corrected chi connectivity index (χ0v) is 16.7. The Bertz CT molecular complexity index is 1280. The van der Waals surface area contributed by atoms with Crippen LogP contribution in [0, 0.1) is 10.1 Å². The first-order valence-corrected chi connectivity index (χ1v) is 9.72. The highest BCUT2D eigenvalue weighted by molar-refractivity contribution is 5.98. The first kappa shape index (κ1) is 19.4. The van der Waals surface area contributed by atoms with E-state index in [-0.39, 0.29) is 5.69 Å². The van der Waals surface area contributed by atoms with Gasteiger partial charge < -0.3 is 5.32 Å². The summed E-state index contributed by atoms with van der Waals surface area (Å²) in [6.07, 6.45) is 0. The van der Waals surface area contributed by atoms with Gasteiger partial charge in [-0.25, -0.2) is 0 Å². The number of aromatic nitrogens is 1. The summed E-state index contributed by atoms with van der Waals surface area (Å²) in [6.45, 7) is 4.20. The van der Waals surface area contributed by atoms with E-state index < -0.39 is 16.2 Å². The van der Waals surface area contributed by atoms with Gasteiger partial charge in [0.15, 0.2) is 0 Å². The van der Waals surface area contributed by atoms with Gasteiger partial charge in [-0.3, -0.25) is 19.5 Å². The molecule has 1 heterocycles. The van der Waals surface area contributed by atoms with Crippen LogP contribution in [0.4, 0.5) is 17.1 Å². The smallest absolute Gasteiger partial charge is 0.349 e. The van der Waals surface area contributed by atoms with Crippen LogP contribution in [0.2, 0.25) is 0 Å². The summed E-state index contributed by atoms with van der Waals surface area (Å²) in [5, 5.41) is 15.7. The number of nitrogens with zero attached hydrogens (tertiary/aromatic N) is 2. The van der Waals surface area contributed by atoms with E-state index in [2.05, 4.69) is 19.2 Å². The van der Waals surface area contributed by atoms with Crippen LogP contribution in [-0.2, 0) is 0 Å². The molecule has 30 heavy (non-hydrogen) atoms. The van der Waals surface area contributed by atoms with Crippen molar-refractivity contribution < 1.29 is 4.92 Å². The maximum absolute atomic E-state index is 13.3. The van der Waals surface area contributed by atoms with E-state index in [0.717, 1.165) is 0 Å². The lowest BCUT2D eigenvalue weighted by molar-refractivity contribution is -0.385. The lowest BCUT2D eigenvalue weighted by Crippen LogP contribution is -2.23. The molecule has 0 atom stereocenters. The highest BCUT2D eigenvalue weighted by Gasteiger charge is 2.26. The molecule has 0 saturated heterocycles. The van der Waals surface area contributed by atoms with Crippen LogP contribution in [0.5, 0.6) is 0 Å². The third-order valence-electron chi connectivity index (χ3n) is 5.10. The molecule has 1 aromatic heterocycles. The molecule has 150 valence electrons. The maximum atomic E-state index is 13.3.